The van der Waals surface area contributed by atoms with E-state index in [1.165, 1.54) is 19.2 Å². The fraction of sp³-hybridized carbons (Fsp3) is 0.235. The SMILES string of the molecule is COc1ccc(C=O)cc1COCc1ccc(C(F)(F)F)cc1. The molecule has 0 bridgehead atoms. The number of alkyl halides is 3. The Morgan fingerprint density at radius 3 is 2.30 bits per heavy atom. The molecule has 6 heteroatoms. The van der Waals surface area contributed by atoms with E-state index in [0.717, 1.165) is 18.4 Å². The molecular weight excluding hydrogens is 309 g/mol. The summed E-state index contributed by atoms with van der Waals surface area (Å²) in [5.41, 5.74) is 1.13. The van der Waals surface area contributed by atoms with Crippen LogP contribution in [-0.2, 0) is 24.1 Å². The lowest BCUT2D eigenvalue weighted by atomic mass is 10.1. The summed E-state index contributed by atoms with van der Waals surface area (Å²) in [6.07, 6.45) is -3.62. The maximum absolute atomic E-state index is 12.5. The number of ether oxygens (including phenoxy) is 2. The van der Waals surface area contributed by atoms with Gasteiger partial charge in [0.15, 0.2) is 0 Å². The molecule has 0 amide bonds. The second kappa shape index (κ2) is 7.28. The van der Waals surface area contributed by atoms with Gasteiger partial charge in [-0.3, -0.25) is 4.79 Å². The zero-order valence-corrected chi connectivity index (χ0v) is 12.4. The predicted octanol–water partition coefficient (Wildman–Crippen LogP) is 4.24. The van der Waals surface area contributed by atoms with Gasteiger partial charge in [-0.1, -0.05) is 12.1 Å². The highest BCUT2D eigenvalue weighted by Gasteiger charge is 2.29. The molecule has 0 spiro atoms. The Morgan fingerprint density at radius 1 is 1.04 bits per heavy atom. The fourth-order valence-electron chi connectivity index (χ4n) is 2.05. The molecule has 0 N–H and O–H groups in total. The summed E-state index contributed by atoms with van der Waals surface area (Å²) >= 11 is 0. The van der Waals surface area contributed by atoms with Gasteiger partial charge in [0.1, 0.15) is 12.0 Å². The van der Waals surface area contributed by atoms with Gasteiger partial charge >= 0.3 is 6.18 Å². The van der Waals surface area contributed by atoms with Gasteiger partial charge in [-0.15, -0.1) is 0 Å². The van der Waals surface area contributed by atoms with E-state index in [9.17, 15) is 18.0 Å². The minimum absolute atomic E-state index is 0.159. The van der Waals surface area contributed by atoms with Gasteiger partial charge < -0.3 is 9.47 Å². The third-order valence-corrected chi connectivity index (χ3v) is 3.25. The summed E-state index contributed by atoms with van der Waals surface area (Å²) in [7, 11) is 1.51. The van der Waals surface area contributed by atoms with Crippen molar-refractivity contribution in [3.8, 4) is 5.75 Å². The third-order valence-electron chi connectivity index (χ3n) is 3.25. The van der Waals surface area contributed by atoms with Crippen molar-refractivity contribution in [3.63, 3.8) is 0 Å². The largest absolute Gasteiger partial charge is 0.496 e. The number of halogens is 3. The van der Waals surface area contributed by atoms with E-state index in [1.807, 2.05) is 0 Å². The third kappa shape index (κ3) is 4.56. The molecule has 0 saturated carbocycles. The maximum Gasteiger partial charge on any atom is 0.416 e. The molecule has 0 aliphatic heterocycles. The Hall–Kier alpha value is -2.34. The monoisotopic (exact) mass is 324 g/mol. The van der Waals surface area contributed by atoms with Gasteiger partial charge in [-0.2, -0.15) is 13.2 Å². The second-order valence-electron chi connectivity index (χ2n) is 4.88. The van der Waals surface area contributed by atoms with E-state index in [0.29, 0.717) is 22.4 Å². The minimum atomic E-state index is -4.35. The predicted molar refractivity (Wildman–Crippen MR) is 78.3 cm³/mol. The van der Waals surface area contributed by atoms with Crippen LogP contribution in [0.4, 0.5) is 13.2 Å². The fourth-order valence-corrected chi connectivity index (χ4v) is 2.05. The molecule has 0 aliphatic carbocycles. The lowest BCUT2D eigenvalue weighted by Crippen LogP contribution is -2.04. The minimum Gasteiger partial charge on any atom is -0.496 e. The summed E-state index contributed by atoms with van der Waals surface area (Å²) in [5, 5.41) is 0. The van der Waals surface area contributed by atoms with Crippen molar-refractivity contribution in [2.24, 2.45) is 0 Å². The number of hydrogen-bond acceptors (Lipinski definition) is 3. The van der Waals surface area contributed by atoms with Crippen LogP contribution in [0.15, 0.2) is 42.5 Å². The van der Waals surface area contributed by atoms with Crippen LogP contribution in [0.25, 0.3) is 0 Å². The zero-order chi connectivity index (χ0) is 16.9. The number of benzene rings is 2. The number of rotatable bonds is 6. The van der Waals surface area contributed by atoms with Crippen LogP contribution < -0.4 is 4.74 Å². The molecule has 23 heavy (non-hydrogen) atoms. The first-order chi connectivity index (χ1) is 10.9. The van der Waals surface area contributed by atoms with E-state index in [2.05, 4.69) is 0 Å². The molecule has 0 atom stereocenters. The van der Waals surface area contributed by atoms with E-state index < -0.39 is 11.7 Å². The van der Waals surface area contributed by atoms with Crippen LogP contribution in [0.3, 0.4) is 0 Å². The molecule has 0 fully saturated rings. The van der Waals surface area contributed by atoms with Gasteiger partial charge in [0.05, 0.1) is 25.9 Å². The molecule has 0 unspecified atom stereocenters. The first-order valence-electron chi connectivity index (χ1n) is 6.80. The Bertz CT molecular complexity index is 664. The summed E-state index contributed by atoms with van der Waals surface area (Å²) in [6.45, 7) is 0.346. The van der Waals surface area contributed by atoms with Gasteiger partial charge in [0.25, 0.3) is 0 Å². The highest BCUT2D eigenvalue weighted by atomic mass is 19.4. The van der Waals surface area contributed by atoms with Crippen LogP contribution >= 0.6 is 0 Å². The Morgan fingerprint density at radius 2 is 1.74 bits per heavy atom. The number of aldehydes is 1. The zero-order valence-electron chi connectivity index (χ0n) is 12.4. The van der Waals surface area contributed by atoms with Gasteiger partial charge in [-0.25, -0.2) is 0 Å². The number of methoxy groups -OCH3 is 1. The summed E-state index contributed by atoms with van der Waals surface area (Å²) in [6, 6.07) is 9.74. The van der Waals surface area contributed by atoms with Crippen molar-refractivity contribution in [3.05, 3.63) is 64.7 Å². The lowest BCUT2D eigenvalue weighted by molar-refractivity contribution is -0.137. The molecule has 2 aromatic carbocycles. The molecule has 0 heterocycles. The summed E-state index contributed by atoms with van der Waals surface area (Å²) in [5.74, 6) is 0.586. The summed E-state index contributed by atoms with van der Waals surface area (Å²) < 4.78 is 48.1. The first kappa shape index (κ1) is 17.0. The van der Waals surface area contributed by atoms with E-state index >= 15 is 0 Å². The van der Waals surface area contributed by atoms with Crippen molar-refractivity contribution in [2.45, 2.75) is 19.4 Å². The van der Waals surface area contributed by atoms with Crippen molar-refractivity contribution in [2.75, 3.05) is 7.11 Å². The average molecular weight is 324 g/mol. The lowest BCUT2D eigenvalue weighted by Gasteiger charge is -2.11. The molecule has 0 radical (unpaired) electrons. The van der Waals surface area contributed by atoms with Crippen LogP contribution in [0.5, 0.6) is 5.75 Å². The summed E-state index contributed by atoms with van der Waals surface area (Å²) in [4.78, 5) is 10.8. The Balaban J connectivity index is 1.98. The van der Waals surface area contributed by atoms with E-state index in [-0.39, 0.29) is 13.2 Å². The Kier molecular flexibility index (Phi) is 5.39. The van der Waals surface area contributed by atoms with Crippen molar-refractivity contribution < 1.29 is 27.4 Å². The van der Waals surface area contributed by atoms with E-state index in [1.54, 1.807) is 18.2 Å². The molecule has 3 nitrogen and oxygen atoms in total. The van der Waals surface area contributed by atoms with Crippen LogP contribution in [0, 0.1) is 0 Å². The maximum atomic E-state index is 12.5. The first-order valence-corrected chi connectivity index (χ1v) is 6.80. The molecular formula is C17H15F3O3. The quantitative estimate of drug-likeness (QED) is 0.746. The topological polar surface area (TPSA) is 35.5 Å². The number of carbonyl (C=O) groups excluding carboxylic acids is 1. The number of hydrogen-bond donors (Lipinski definition) is 0. The van der Waals surface area contributed by atoms with Crippen LogP contribution in [0.2, 0.25) is 0 Å². The molecule has 122 valence electrons. The van der Waals surface area contributed by atoms with Gasteiger partial charge in [-0.05, 0) is 35.9 Å². The van der Waals surface area contributed by atoms with Crippen molar-refractivity contribution in [1.82, 2.24) is 0 Å². The molecule has 0 aliphatic rings. The van der Waals surface area contributed by atoms with Crippen molar-refractivity contribution in [1.29, 1.82) is 0 Å². The molecule has 2 aromatic rings. The highest BCUT2D eigenvalue weighted by molar-refractivity contribution is 5.75. The van der Waals surface area contributed by atoms with Crippen LogP contribution in [-0.4, -0.2) is 13.4 Å². The molecule has 2 rings (SSSR count). The van der Waals surface area contributed by atoms with Crippen molar-refractivity contribution >= 4 is 6.29 Å². The second-order valence-corrected chi connectivity index (χ2v) is 4.88. The smallest absolute Gasteiger partial charge is 0.416 e. The molecule has 0 aromatic heterocycles. The van der Waals surface area contributed by atoms with Gasteiger partial charge in [0.2, 0.25) is 0 Å². The van der Waals surface area contributed by atoms with Crippen LogP contribution in [0.1, 0.15) is 27.0 Å². The Labute approximate surface area is 131 Å². The van der Waals surface area contributed by atoms with Gasteiger partial charge in [0, 0.05) is 11.1 Å². The standard InChI is InChI=1S/C17H15F3O3/c1-22-16-7-4-13(9-21)8-14(16)11-23-10-12-2-5-15(6-3-12)17(18,19)20/h2-9H,10-11H2,1H3. The average Bonchev–Trinajstić information content (AvgIpc) is 2.54. The normalized spacial score (nSPS) is 11.3. The van der Waals surface area contributed by atoms with E-state index in [4.69, 9.17) is 9.47 Å². The highest BCUT2D eigenvalue weighted by Crippen LogP contribution is 2.29. The number of carbonyl (C=O) groups is 1. The molecule has 0 saturated heterocycles.